The van der Waals surface area contributed by atoms with Crippen molar-refractivity contribution in [1.29, 1.82) is 0 Å². The fourth-order valence-corrected chi connectivity index (χ4v) is 4.50. The van der Waals surface area contributed by atoms with Gasteiger partial charge in [-0.2, -0.15) is 13.2 Å². The summed E-state index contributed by atoms with van der Waals surface area (Å²) in [4.78, 5) is 16.1. The lowest BCUT2D eigenvalue weighted by atomic mass is 9.92. The fourth-order valence-electron chi connectivity index (χ4n) is 4.50. The molecule has 3 aliphatic rings. The second kappa shape index (κ2) is 7.82. The number of hydrogen-bond donors (Lipinski definition) is 0. The number of nitrogens with zero attached hydrogens (tertiary/aromatic N) is 2. The zero-order chi connectivity index (χ0) is 17.9. The van der Waals surface area contributed by atoms with Crippen LogP contribution in [0.1, 0.15) is 51.4 Å². The molecule has 1 atom stereocenters. The van der Waals surface area contributed by atoms with Gasteiger partial charge in [-0.15, -0.1) is 0 Å². The molecule has 0 bridgehead atoms. The van der Waals surface area contributed by atoms with Crippen molar-refractivity contribution in [2.45, 2.75) is 63.1 Å². The number of morpholine rings is 1. The van der Waals surface area contributed by atoms with Crippen LogP contribution in [0.4, 0.5) is 13.2 Å². The van der Waals surface area contributed by atoms with E-state index >= 15 is 0 Å². The molecule has 2 aliphatic heterocycles. The van der Waals surface area contributed by atoms with Crippen molar-refractivity contribution in [1.82, 2.24) is 9.80 Å². The second-order valence-corrected chi connectivity index (χ2v) is 7.88. The van der Waals surface area contributed by atoms with E-state index in [0.717, 1.165) is 32.2 Å². The number of carbonyl (C=O) groups excluding carboxylic acids is 1. The van der Waals surface area contributed by atoms with Crippen molar-refractivity contribution in [3.8, 4) is 0 Å². The van der Waals surface area contributed by atoms with Crippen molar-refractivity contribution in [2.75, 3.05) is 39.3 Å². The molecule has 1 saturated carbocycles. The van der Waals surface area contributed by atoms with Gasteiger partial charge in [-0.1, -0.05) is 25.7 Å². The van der Waals surface area contributed by atoms with Gasteiger partial charge >= 0.3 is 6.18 Å². The smallest absolute Gasteiger partial charge is 0.372 e. The molecule has 0 N–H and O–H groups in total. The van der Waals surface area contributed by atoms with Crippen molar-refractivity contribution in [3.63, 3.8) is 0 Å². The summed E-state index contributed by atoms with van der Waals surface area (Å²) in [5, 5.41) is 0. The normalized spacial score (nSPS) is 28.8. The largest absolute Gasteiger partial charge is 0.393 e. The molecule has 0 aromatic heterocycles. The first-order valence-electron chi connectivity index (χ1n) is 9.59. The first-order chi connectivity index (χ1) is 11.9. The van der Waals surface area contributed by atoms with E-state index < -0.39 is 12.1 Å². The van der Waals surface area contributed by atoms with Gasteiger partial charge < -0.3 is 9.64 Å². The van der Waals surface area contributed by atoms with E-state index in [4.69, 9.17) is 4.74 Å². The van der Waals surface area contributed by atoms with Crippen molar-refractivity contribution < 1.29 is 22.7 Å². The molecular formula is C18H29F3N2O2. The quantitative estimate of drug-likeness (QED) is 0.756. The molecule has 1 spiro atoms. The number of halogens is 3. The first kappa shape index (κ1) is 19.0. The van der Waals surface area contributed by atoms with Crippen molar-refractivity contribution >= 4 is 5.91 Å². The molecule has 0 aromatic rings. The predicted molar refractivity (Wildman–Crippen MR) is 88.2 cm³/mol. The Labute approximate surface area is 147 Å². The second-order valence-electron chi connectivity index (χ2n) is 7.88. The number of hydrogen-bond acceptors (Lipinski definition) is 3. The van der Waals surface area contributed by atoms with E-state index in [1.807, 2.05) is 0 Å². The maximum atomic E-state index is 12.9. The van der Waals surface area contributed by atoms with E-state index in [2.05, 4.69) is 4.90 Å². The first-order valence-corrected chi connectivity index (χ1v) is 9.59. The number of rotatable bonds is 2. The highest BCUT2D eigenvalue weighted by molar-refractivity contribution is 5.78. The van der Waals surface area contributed by atoms with Crippen LogP contribution in [0.2, 0.25) is 0 Å². The zero-order valence-corrected chi connectivity index (χ0v) is 14.8. The van der Waals surface area contributed by atoms with Crippen molar-refractivity contribution in [2.24, 2.45) is 5.92 Å². The van der Waals surface area contributed by atoms with Crippen LogP contribution >= 0.6 is 0 Å². The Morgan fingerprint density at radius 2 is 1.80 bits per heavy atom. The van der Waals surface area contributed by atoms with E-state index in [1.165, 1.54) is 17.7 Å². The van der Waals surface area contributed by atoms with Gasteiger partial charge in [-0.3, -0.25) is 9.69 Å². The molecule has 1 aliphatic carbocycles. The van der Waals surface area contributed by atoms with Crippen LogP contribution in [0, 0.1) is 5.92 Å². The molecule has 7 heteroatoms. The van der Waals surface area contributed by atoms with Gasteiger partial charge in [0, 0.05) is 26.2 Å². The molecule has 2 saturated heterocycles. The number of piperidine rings is 1. The van der Waals surface area contributed by atoms with Gasteiger partial charge in [0.15, 0.2) is 0 Å². The van der Waals surface area contributed by atoms with Crippen molar-refractivity contribution in [3.05, 3.63) is 0 Å². The Morgan fingerprint density at radius 1 is 1.08 bits per heavy atom. The van der Waals surface area contributed by atoms with Gasteiger partial charge in [-0.25, -0.2) is 0 Å². The third-order valence-corrected chi connectivity index (χ3v) is 5.94. The molecular weight excluding hydrogens is 333 g/mol. The lowest BCUT2D eigenvalue weighted by Crippen LogP contribution is -2.55. The lowest BCUT2D eigenvalue weighted by molar-refractivity contribution is -0.188. The van der Waals surface area contributed by atoms with Crippen LogP contribution in [-0.2, 0) is 9.53 Å². The van der Waals surface area contributed by atoms with Gasteiger partial charge in [0.25, 0.3) is 0 Å². The highest BCUT2D eigenvalue weighted by Gasteiger charge is 2.43. The fraction of sp³-hybridized carbons (Fsp3) is 0.944. The summed E-state index contributed by atoms with van der Waals surface area (Å²) in [5.74, 6) is -1.54. The Morgan fingerprint density at radius 3 is 2.48 bits per heavy atom. The Bertz CT molecular complexity index is 462. The minimum Gasteiger partial charge on any atom is -0.372 e. The Balaban J connectivity index is 1.55. The number of carbonyl (C=O) groups is 1. The predicted octanol–water partition coefficient (Wildman–Crippen LogP) is 3.21. The summed E-state index contributed by atoms with van der Waals surface area (Å²) < 4.78 is 44.9. The van der Waals surface area contributed by atoms with Gasteiger partial charge in [0.05, 0.1) is 24.7 Å². The van der Waals surface area contributed by atoms with Gasteiger partial charge in [0.2, 0.25) is 5.91 Å². The summed E-state index contributed by atoms with van der Waals surface area (Å²) in [7, 11) is 0. The van der Waals surface area contributed by atoms with Gasteiger partial charge in [0.1, 0.15) is 0 Å². The monoisotopic (exact) mass is 362 g/mol. The van der Waals surface area contributed by atoms with Crippen LogP contribution in [0.5, 0.6) is 0 Å². The highest BCUT2D eigenvalue weighted by atomic mass is 19.4. The lowest BCUT2D eigenvalue weighted by Gasteiger charge is -2.43. The van der Waals surface area contributed by atoms with Crippen LogP contribution in [-0.4, -0.2) is 66.8 Å². The van der Waals surface area contributed by atoms with Crippen LogP contribution < -0.4 is 0 Å². The minimum atomic E-state index is -4.21. The Kier molecular flexibility index (Phi) is 5.93. The van der Waals surface area contributed by atoms with Crippen LogP contribution in [0.3, 0.4) is 0 Å². The molecule has 3 fully saturated rings. The average molecular weight is 362 g/mol. The summed E-state index contributed by atoms with van der Waals surface area (Å²) >= 11 is 0. The maximum Gasteiger partial charge on any atom is 0.393 e. The number of likely N-dealkylation sites (tertiary alicyclic amines) is 1. The minimum absolute atomic E-state index is 0.133. The topological polar surface area (TPSA) is 32.8 Å². The molecule has 25 heavy (non-hydrogen) atoms. The summed E-state index contributed by atoms with van der Waals surface area (Å²) in [6.45, 7) is 2.51. The van der Waals surface area contributed by atoms with Gasteiger partial charge in [-0.05, 0) is 25.7 Å². The molecule has 0 radical (unpaired) electrons. The third-order valence-electron chi connectivity index (χ3n) is 5.94. The van der Waals surface area contributed by atoms with E-state index in [0.29, 0.717) is 26.1 Å². The van der Waals surface area contributed by atoms with Crippen LogP contribution in [0.15, 0.2) is 0 Å². The highest BCUT2D eigenvalue weighted by Crippen LogP contribution is 2.34. The SMILES string of the molecule is O=C(CN1CCOC2(CCCCCC2)C1)N1CCC[C@H](C(F)(F)F)C1. The van der Waals surface area contributed by atoms with Crippen LogP contribution in [0.25, 0.3) is 0 Å². The maximum absolute atomic E-state index is 12.9. The molecule has 0 unspecified atom stereocenters. The zero-order valence-electron chi connectivity index (χ0n) is 14.8. The molecule has 2 heterocycles. The molecule has 3 rings (SSSR count). The standard InChI is InChI=1S/C18H29F3N2O2/c19-18(20,21)15-6-5-9-23(12-15)16(24)13-22-10-11-25-17(14-22)7-3-1-2-4-8-17/h15H,1-14H2/t15-/m0/s1. The third kappa shape index (κ3) is 4.88. The summed E-state index contributed by atoms with van der Waals surface area (Å²) in [6.07, 6.45) is 3.18. The molecule has 144 valence electrons. The molecule has 1 amide bonds. The van der Waals surface area contributed by atoms with E-state index in [-0.39, 0.29) is 31.0 Å². The van der Waals surface area contributed by atoms with E-state index in [9.17, 15) is 18.0 Å². The summed E-state index contributed by atoms with van der Waals surface area (Å²) in [6, 6.07) is 0. The number of alkyl halides is 3. The molecule has 4 nitrogen and oxygen atoms in total. The number of amides is 1. The summed E-state index contributed by atoms with van der Waals surface area (Å²) in [5.41, 5.74) is -0.147. The Hall–Kier alpha value is -0.820. The molecule has 0 aromatic carbocycles. The average Bonchev–Trinajstić information content (AvgIpc) is 2.80. The number of ether oxygens (including phenoxy) is 1. The van der Waals surface area contributed by atoms with E-state index in [1.54, 1.807) is 0 Å².